The number of guanidine groups is 4. The average Bonchev–Trinajstić information content (AvgIpc) is 2.58. The van der Waals surface area contributed by atoms with Crippen LogP contribution in [0.25, 0.3) is 32.7 Å². The van der Waals surface area contributed by atoms with Crippen LogP contribution in [0.5, 0.6) is 0 Å². The third-order valence-corrected chi connectivity index (χ3v) is 14.3. The van der Waals surface area contributed by atoms with Crippen molar-refractivity contribution in [2.75, 3.05) is 26.2 Å². The number of H-pyrrole nitrogens is 3. The minimum absolute atomic E-state index is 0.0246. The Kier molecular flexibility index (Phi) is 24.6. The van der Waals surface area contributed by atoms with E-state index in [2.05, 4.69) is 66.8 Å². The van der Waals surface area contributed by atoms with E-state index >= 15 is 4.79 Å². The minimum Gasteiger partial charge on any atom is -0.370 e. The van der Waals surface area contributed by atoms with E-state index in [0.717, 1.165) is 32.7 Å². The zero-order valence-corrected chi connectivity index (χ0v) is 48.2. The van der Waals surface area contributed by atoms with Crippen LogP contribution in [0.1, 0.15) is 68.1 Å². The molecule has 3 aromatic heterocycles. The first-order chi connectivity index (χ1) is 41.7. The van der Waals surface area contributed by atoms with Gasteiger partial charge in [0.2, 0.25) is 41.4 Å². The van der Waals surface area contributed by atoms with Gasteiger partial charge in [-0.25, -0.2) is 0 Å². The van der Waals surface area contributed by atoms with E-state index in [9.17, 15) is 28.8 Å². The molecule has 0 unspecified atom stereocenters. The number of carbonyl (C=O) groups is 7. The van der Waals surface area contributed by atoms with Crippen molar-refractivity contribution in [2.24, 2.45) is 77.3 Å². The molecule has 0 aliphatic carbocycles. The Labute approximate surface area is 501 Å². The second-order valence-corrected chi connectivity index (χ2v) is 20.9. The first-order valence-electron chi connectivity index (χ1n) is 28.4. The summed E-state index contributed by atoms with van der Waals surface area (Å²) in [6.45, 7) is 0.408. The molecule has 6 rings (SSSR count). The molecule has 0 spiro atoms. The summed E-state index contributed by atoms with van der Waals surface area (Å²) in [5, 5.41) is 19.0. The van der Waals surface area contributed by atoms with Gasteiger partial charge in [-0.15, -0.1) is 0 Å². The number of benzene rings is 3. The van der Waals surface area contributed by atoms with E-state index in [0.29, 0.717) is 23.1 Å². The fourth-order valence-corrected chi connectivity index (χ4v) is 9.81. The van der Waals surface area contributed by atoms with Crippen LogP contribution in [-0.2, 0) is 52.8 Å². The summed E-state index contributed by atoms with van der Waals surface area (Å²) in [5.74, 6) is -6.26. The van der Waals surface area contributed by atoms with Crippen molar-refractivity contribution in [2.45, 2.75) is 113 Å². The maximum atomic E-state index is 15.1. The molecular weight excluding hydrogens is 1120 g/mol. The number of primary amides is 1. The van der Waals surface area contributed by atoms with E-state index < -0.39 is 83.6 Å². The number of hydrogen-bond donors (Lipinski definition) is 19. The van der Waals surface area contributed by atoms with Gasteiger partial charge in [0, 0.05) is 96.7 Å². The number of aromatic amines is 3. The van der Waals surface area contributed by atoms with Gasteiger partial charge in [-0.3, -0.25) is 53.5 Å². The van der Waals surface area contributed by atoms with Crippen LogP contribution < -0.4 is 89.2 Å². The maximum Gasteiger partial charge on any atom is 0.243 e. The van der Waals surface area contributed by atoms with Crippen molar-refractivity contribution in [3.63, 3.8) is 0 Å². The van der Waals surface area contributed by atoms with Crippen LogP contribution in [0.3, 0.4) is 0 Å². The van der Waals surface area contributed by atoms with Crippen molar-refractivity contribution in [1.82, 2.24) is 46.9 Å². The molecule has 0 aliphatic heterocycles. The maximum absolute atomic E-state index is 15.1. The lowest BCUT2D eigenvalue weighted by atomic mass is 10.0. The topological polar surface area (TPSA) is 549 Å². The van der Waals surface area contributed by atoms with E-state index in [1.165, 1.54) is 0 Å². The Morgan fingerprint density at radius 1 is 0.356 bits per heavy atom. The highest BCUT2D eigenvalue weighted by Gasteiger charge is 2.35. The second-order valence-electron chi connectivity index (χ2n) is 20.9. The number of nitrogens with one attached hydrogen (secondary N) is 9. The fourth-order valence-electron chi connectivity index (χ4n) is 9.81. The molecule has 7 amide bonds. The Morgan fingerprint density at radius 2 is 0.621 bits per heavy atom. The molecule has 0 saturated carbocycles. The summed E-state index contributed by atoms with van der Waals surface area (Å²) in [6.07, 6.45) is 5.76. The smallest absolute Gasteiger partial charge is 0.243 e. The molecule has 7 atom stereocenters. The van der Waals surface area contributed by atoms with Gasteiger partial charge >= 0.3 is 0 Å². The van der Waals surface area contributed by atoms with Gasteiger partial charge in [-0.05, 0) is 86.3 Å². The number of nitrogens with two attached hydrogens (primary N) is 10. The number of aliphatic imine (C=N–C) groups is 4. The van der Waals surface area contributed by atoms with Gasteiger partial charge in [0.1, 0.15) is 36.3 Å². The van der Waals surface area contributed by atoms with Crippen LogP contribution in [0, 0.1) is 0 Å². The summed E-state index contributed by atoms with van der Waals surface area (Å²) in [6, 6.07) is 12.8. The standard InChI is InChI=1S/C57H81N23O7/c58-37(14-7-21-68-54(60)61)48(82)78-44(25-31-28-72-38-15-4-1-11-34(31)38)53(87)80-46(27-33-30-74-40-17-6-3-13-36(33)40)52(86)77-42(19-9-23-70-56(64)65)49(83)76-43(20-10-24-71-57(66)67)50(84)79-45(26-32-29-73-39-16-5-2-12-35(32)39)51(85)75-41(47(59)81)18-8-22-69-55(62)63/h1-6,11-13,15-17,28-30,37,41-46,72-74H,7-10,14,18-27,58H2,(H2,59,81)(H,75,85)(H,76,83)(H,77,86)(H,78,82)(H,79,84)(H,80,87)(H4,60,61,68)(H4,62,63,69)(H4,64,65,70)(H4,66,67,71)/t37-,41-,42-,43-,44-,45-,46-/m0/s1. The Bertz CT molecular complexity index is 3440. The molecular formula is C57H81N23O7. The molecule has 87 heavy (non-hydrogen) atoms. The Hall–Kier alpha value is -10.4. The van der Waals surface area contributed by atoms with Gasteiger partial charge in [-0.1, -0.05) is 54.6 Å². The molecule has 29 N–H and O–H groups in total. The van der Waals surface area contributed by atoms with Crippen molar-refractivity contribution < 1.29 is 33.6 Å². The van der Waals surface area contributed by atoms with E-state index in [-0.39, 0.29) is 114 Å². The summed E-state index contributed by atoms with van der Waals surface area (Å²) < 4.78 is 0. The molecule has 6 aromatic rings. The fraction of sp³-hybridized carbons (Fsp3) is 0.386. The first-order valence-corrected chi connectivity index (χ1v) is 28.4. The first kappa shape index (κ1) is 65.8. The molecule has 3 aromatic carbocycles. The molecule has 0 radical (unpaired) electrons. The highest BCUT2D eigenvalue weighted by Crippen LogP contribution is 2.23. The molecule has 0 fully saturated rings. The second kappa shape index (κ2) is 32.6. The lowest BCUT2D eigenvalue weighted by Crippen LogP contribution is -2.60. The van der Waals surface area contributed by atoms with Crippen LogP contribution in [0.4, 0.5) is 0 Å². The summed E-state index contributed by atoms with van der Waals surface area (Å²) in [4.78, 5) is 126. The van der Waals surface area contributed by atoms with Gasteiger partial charge in [0.15, 0.2) is 23.8 Å². The van der Waals surface area contributed by atoms with Crippen LogP contribution >= 0.6 is 0 Å². The summed E-state index contributed by atoms with van der Waals surface area (Å²) >= 11 is 0. The largest absolute Gasteiger partial charge is 0.370 e. The summed E-state index contributed by atoms with van der Waals surface area (Å²) in [5.41, 5.74) is 60.8. The third-order valence-electron chi connectivity index (χ3n) is 14.3. The normalized spacial score (nSPS) is 13.5. The molecule has 0 aliphatic rings. The number of hydrogen-bond acceptors (Lipinski definition) is 12. The van der Waals surface area contributed by atoms with Crippen LogP contribution in [0.15, 0.2) is 111 Å². The van der Waals surface area contributed by atoms with Gasteiger partial charge < -0.3 is 104 Å². The predicted molar refractivity (Wildman–Crippen MR) is 334 cm³/mol. The zero-order chi connectivity index (χ0) is 63.0. The highest BCUT2D eigenvalue weighted by atomic mass is 16.2. The number of rotatable bonds is 35. The van der Waals surface area contributed by atoms with Crippen LogP contribution in [-0.4, -0.2) is 149 Å². The van der Waals surface area contributed by atoms with Crippen molar-refractivity contribution in [3.8, 4) is 0 Å². The van der Waals surface area contributed by atoms with Crippen molar-refractivity contribution in [1.29, 1.82) is 0 Å². The highest BCUT2D eigenvalue weighted by molar-refractivity contribution is 5.98. The van der Waals surface area contributed by atoms with E-state index in [1.54, 1.807) is 18.6 Å². The number of carbonyl (C=O) groups excluding carboxylic acids is 7. The quantitative estimate of drug-likeness (QED) is 0.0108. The lowest BCUT2D eigenvalue weighted by Gasteiger charge is -2.28. The van der Waals surface area contributed by atoms with Gasteiger partial charge in [-0.2, -0.15) is 0 Å². The van der Waals surface area contributed by atoms with Crippen LogP contribution in [0.2, 0.25) is 0 Å². The summed E-state index contributed by atoms with van der Waals surface area (Å²) in [7, 11) is 0. The number of aromatic nitrogens is 3. The SMILES string of the molecule is NC(=O)[C@H](CCCN=C(N)N)NC(=O)[C@H](Cc1c[nH]c2ccccc12)NC(=O)[C@H](CCCN=C(N)N)NC(=O)[C@H](CCCN=C(N)N)NC(=O)[C@H](Cc1c[nH]c2ccccc12)NC(=O)[C@H](Cc1c[nH]c2ccccc12)NC(=O)[C@@H](N)CCCN=C(N)N. The minimum atomic E-state index is -1.43. The molecule has 30 nitrogen and oxygen atoms in total. The Morgan fingerprint density at radius 3 is 0.943 bits per heavy atom. The average molecular weight is 1200 g/mol. The zero-order valence-electron chi connectivity index (χ0n) is 48.2. The molecule has 3 heterocycles. The number of fused-ring (bicyclic) bond motifs is 3. The van der Waals surface area contributed by atoms with E-state index in [4.69, 9.17) is 57.3 Å². The molecule has 0 saturated heterocycles. The molecule has 30 heteroatoms. The molecule has 0 bridgehead atoms. The number of nitrogens with zero attached hydrogens (tertiary/aromatic N) is 4. The van der Waals surface area contributed by atoms with Gasteiger partial charge in [0.25, 0.3) is 0 Å². The Balaban J connectivity index is 1.32. The monoisotopic (exact) mass is 1200 g/mol. The molecule has 466 valence electrons. The number of para-hydroxylation sites is 3. The van der Waals surface area contributed by atoms with Gasteiger partial charge in [0.05, 0.1) is 6.04 Å². The third kappa shape index (κ3) is 20.4. The lowest BCUT2D eigenvalue weighted by molar-refractivity contribution is -0.135. The predicted octanol–water partition coefficient (Wildman–Crippen LogP) is -2.91. The van der Waals surface area contributed by atoms with Crippen molar-refractivity contribution in [3.05, 3.63) is 108 Å². The van der Waals surface area contributed by atoms with Crippen molar-refractivity contribution >= 4 is 97.9 Å². The number of amides is 7. The van der Waals surface area contributed by atoms with E-state index in [1.807, 2.05) is 72.8 Å².